The van der Waals surface area contributed by atoms with Crippen LogP contribution in [0.5, 0.6) is 0 Å². The van der Waals surface area contributed by atoms with Gasteiger partial charge in [-0.3, -0.25) is 4.99 Å². The fraction of sp³-hybridized carbons (Fsp3) is 0.500. The molecule has 3 N–H and O–H groups in total. The van der Waals surface area contributed by atoms with Crippen molar-refractivity contribution in [3.63, 3.8) is 0 Å². The van der Waals surface area contributed by atoms with E-state index in [4.69, 9.17) is 5.73 Å². The van der Waals surface area contributed by atoms with Crippen molar-refractivity contribution in [3.05, 3.63) is 18.2 Å². The Morgan fingerprint density at radius 2 is 2.58 bits per heavy atom. The molecule has 1 aliphatic rings. The number of aliphatic imine (C=N–C) groups is 1. The first-order chi connectivity index (χ1) is 5.86. The van der Waals surface area contributed by atoms with Gasteiger partial charge in [-0.2, -0.15) is 0 Å². The Kier molecular flexibility index (Phi) is 1.81. The van der Waals surface area contributed by atoms with E-state index >= 15 is 0 Å². The lowest BCUT2D eigenvalue weighted by molar-refractivity contribution is 0.931. The van der Waals surface area contributed by atoms with E-state index in [0.29, 0.717) is 12.5 Å². The van der Waals surface area contributed by atoms with Crippen molar-refractivity contribution >= 4 is 5.84 Å². The summed E-state index contributed by atoms with van der Waals surface area (Å²) < 4.78 is 0. The van der Waals surface area contributed by atoms with E-state index in [9.17, 15) is 0 Å². The zero-order valence-electron chi connectivity index (χ0n) is 6.83. The maximum Gasteiger partial charge on any atom is 0.127 e. The number of aromatic amines is 1. The molecule has 1 heterocycles. The van der Waals surface area contributed by atoms with Crippen molar-refractivity contribution in [2.75, 3.05) is 0 Å². The lowest BCUT2D eigenvalue weighted by Crippen LogP contribution is -2.14. The van der Waals surface area contributed by atoms with Crippen LogP contribution in [-0.4, -0.2) is 15.8 Å². The van der Waals surface area contributed by atoms with Crippen LogP contribution in [0.25, 0.3) is 0 Å². The monoisotopic (exact) mass is 164 g/mol. The second-order valence-electron chi connectivity index (χ2n) is 3.05. The number of hydrogen-bond donors (Lipinski definition) is 2. The van der Waals surface area contributed by atoms with Crippen LogP contribution in [0, 0.1) is 5.92 Å². The van der Waals surface area contributed by atoms with Gasteiger partial charge in [-0.05, 0) is 12.8 Å². The summed E-state index contributed by atoms with van der Waals surface area (Å²) in [5.41, 5.74) is 5.70. The van der Waals surface area contributed by atoms with Crippen LogP contribution in [0.2, 0.25) is 0 Å². The van der Waals surface area contributed by atoms with Gasteiger partial charge in [0.25, 0.3) is 0 Å². The third-order valence-corrected chi connectivity index (χ3v) is 1.96. The predicted octanol–water partition coefficient (Wildman–Crippen LogP) is 0.677. The highest BCUT2D eigenvalue weighted by molar-refractivity contribution is 5.84. The van der Waals surface area contributed by atoms with Crippen LogP contribution in [-0.2, 0) is 6.54 Å². The molecule has 0 radical (unpaired) electrons. The van der Waals surface area contributed by atoms with E-state index in [2.05, 4.69) is 15.0 Å². The number of nitrogens with two attached hydrogens (primary N) is 1. The maximum absolute atomic E-state index is 5.70. The van der Waals surface area contributed by atoms with Gasteiger partial charge in [-0.1, -0.05) is 0 Å². The van der Waals surface area contributed by atoms with E-state index in [-0.39, 0.29) is 0 Å². The molecule has 1 aliphatic carbocycles. The minimum absolute atomic E-state index is 0.556. The summed E-state index contributed by atoms with van der Waals surface area (Å²) in [6.45, 7) is 0.579. The van der Waals surface area contributed by atoms with E-state index in [1.165, 1.54) is 12.8 Å². The van der Waals surface area contributed by atoms with Crippen LogP contribution in [0.4, 0.5) is 0 Å². The standard InChI is InChI=1S/C8H12N4/c9-8(6-1-2-6)12-5-7-10-3-4-11-7/h3-4,6H,1-2,5H2,(H2,9,12)(H,10,11). The van der Waals surface area contributed by atoms with Crippen LogP contribution in [0.15, 0.2) is 17.4 Å². The summed E-state index contributed by atoms with van der Waals surface area (Å²) in [7, 11) is 0. The molecule has 0 bridgehead atoms. The molecule has 0 saturated heterocycles. The van der Waals surface area contributed by atoms with E-state index < -0.39 is 0 Å². The third kappa shape index (κ3) is 1.64. The minimum Gasteiger partial charge on any atom is -0.387 e. The summed E-state index contributed by atoms with van der Waals surface area (Å²) in [5, 5.41) is 0. The van der Waals surface area contributed by atoms with Crippen molar-refractivity contribution in [1.82, 2.24) is 9.97 Å². The van der Waals surface area contributed by atoms with Crippen LogP contribution >= 0.6 is 0 Å². The number of rotatable bonds is 3. The first kappa shape index (κ1) is 7.34. The second kappa shape index (κ2) is 2.97. The lowest BCUT2D eigenvalue weighted by atomic mass is 10.4. The number of H-pyrrole nitrogens is 1. The number of amidine groups is 1. The van der Waals surface area contributed by atoms with Crippen molar-refractivity contribution in [3.8, 4) is 0 Å². The number of aromatic nitrogens is 2. The molecular formula is C8H12N4. The Balaban J connectivity index is 1.91. The van der Waals surface area contributed by atoms with Crippen molar-refractivity contribution in [1.29, 1.82) is 0 Å². The zero-order chi connectivity index (χ0) is 8.39. The highest BCUT2D eigenvalue weighted by Crippen LogP contribution is 2.28. The summed E-state index contributed by atoms with van der Waals surface area (Å²) in [5.74, 6) is 2.21. The highest BCUT2D eigenvalue weighted by Gasteiger charge is 2.25. The Bertz CT molecular complexity index is 271. The summed E-state index contributed by atoms with van der Waals surface area (Å²) in [4.78, 5) is 11.3. The molecule has 4 nitrogen and oxygen atoms in total. The number of hydrogen-bond acceptors (Lipinski definition) is 2. The van der Waals surface area contributed by atoms with Crippen LogP contribution in [0.3, 0.4) is 0 Å². The molecule has 12 heavy (non-hydrogen) atoms. The first-order valence-corrected chi connectivity index (χ1v) is 4.14. The average molecular weight is 164 g/mol. The molecule has 0 amide bonds. The van der Waals surface area contributed by atoms with Gasteiger partial charge in [-0.15, -0.1) is 0 Å². The lowest BCUT2D eigenvalue weighted by Gasteiger charge is -1.94. The second-order valence-corrected chi connectivity index (χ2v) is 3.05. The molecule has 1 aromatic heterocycles. The Labute approximate surface area is 70.9 Å². The fourth-order valence-corrected chi connectivity index (χ4v) is 1.06. The summed E-state index contributed by atoms with van der Waals surface area (Å²) in [6.07, 6.45) is 5.91. The van der Waals surface area contributed by atoms with Crippen molar-refractivity contribution in [2.24, 2.45) is 16.6 Å². The van der Waals surface area contributed by atoms with Gasteiger partial charge in [0.1, 0.15) is 5.82 Å². The summed E-state index contributed by atoms with van der Waals surface area (Å²) >= 11 is 0. The van der Waals surface area contributed by atoms with Gasteiger partial charge < -0.3 is 10.7 Å². The Morgan fingerprint density at radius 3 is 3.17 bits per heavy atom. The fourth-order valence-electron chi connectivity index (χ4n) is 1.06. The largest absolute Gasteiger partial charge is 0.387 e. The molecule has 0 spiro atoms. The van der Waals surface area contributed by atoms with Gasteiger partial charge in [0.15, 0.2) is 0 Å². The zero-order valence-corrected chi connectivity index (χ0v) is 6.83. The average Bonchev–Trinajstić information content (AvgIpc) is 2.80. The van der Waals surface area contributed by atoms with Gasteiger partial charge in [0.05, 0.1) is 12.4 Å². The van der Waals surface area contributed by atoms with Crippen molar-refractivity contribution < 1.29 is 0 Å². The predicted molar refractivity (Wildman–Crippen MR) is 46.6 cm³/mol. The van der Waals surface area contributed by atoms with Gasteiger partial charge in [0.2, 0.25) is 0 Å². The molecule has 0 atom stereocenters. The third-order valence-electron chi connectivity index (χ3n) is 1.96. The van der Waals surface area contributed by atoms with Crippen LogP contribution in [0.1, 0.15) is 18.7 Å². The van der Waals surface area contributed by atoms with Crippen LogP contribution < -0.4 is 5.73 Å². The number of imidazole rings is 1. The molecule has 1 aromatic rings. The smallest absolute Gasteiger partial charge is 0.127 e. The molecule has 1 saturated carbocycles. The first-order valence-electron chi connectivity index (χ1n) is 4.14. The van der Waals surface area contributed by atoms with E-state index in [0.717, 1.165) is 11.7 Å². The molecule has 0 aromatic carbocycles. The Morgan fingerprint density at radius 1 is 1.75 bits per heavy atom. The van der Waals surface area contributed by atoms with E-state index in [1.807, 2.05) is 0 Å². The molecule has 64 valence electrons. The molecule has 4 heteroatoms. The van der Waals surface area contributed by atoms with Crippen molar-refractivity contribution in [2.45, 2.75) is 19.4 Å². The Hall–Kier alpha value is -1.32. The molecule has 2 rings (SSSR count). The minimum atomic E-state index is 0.556. The highest BCUT2D eigenvalue weighted by atomic mass is 15.0. The SMILES string of the molecule is NC(=NCc1ncc[nH]1)C1CC1. The quantitative estimate of drug-likeness (QED) is 0.509. The number of nitrogens with one attached hydrogen (secondary N) is 1. The molecule has 1 fully saturated rings. The van der Waals surface area contributed by atoms with Gasteiger partial charge in [0, 0.05) is 18.3 Å². The molecular weight excluding hydrogens is 152 g/mol. The van der Waals surface area contributed by atoms with E-state index in [1.54, 1.807) is 12.4 Å². The normalized spacial score (nSPS) is 18.2. The summed E-state index contributed by atoms with van der Waals surface area (Å²) in [6, 6.07) is 0. The van der Waals surface area contributed by atoms with Gasteiger partial charge in [-0.25, -0.2) is 4.98 Å². The topological polar surface area (TPSA) is 67.1 Å². The molecule has 0 unspecified atom stereocenters. The number of nitrogens with zero attached hydrogens (tertiary/aromatic N) is 2. The van der Waals surface area contributed by atoms with Gasteiger partial charge >= 0.3 is 0 Å². The maximum atomic E-state index is 5.70. The molecule has 0 aliphatic heterocycles.